The van der Waals surface area contributed by atoms with E-state index in [1.54, 1.807) is 36.4 Å². The molecule has 0 aliphatic carbocycles. The molecule has 0 saturated carbocycles. The van der Waals surface area contributed by atoms with Crippen LogP contribution in [0.15, 0.2) is 24.5 Å². The molecule has 0 saturated heterocycles. The number of pyridine rings is 1. The Morgan fingerprint density at radius 3 is 2.48 bits per heavy atom. The minimum absolute atomic E-state index is 0.0673. The SMILES string of the molecule is CCOC(=O)CCN(CCC(C)C)C(=O)c1ccncc1. The molecule has 0 radical (unpaired) electrons. The standard InChI is InChI=1S/C16H24N2O3/c1-4-21-15(19)8-12-18(11-7-13(2)3)16(20)14-5-9-17-10-6-14/h5-6,9-10,13H,4,7-8,11-12H2,1-3H3. The van der Waals surface area contributed by atoms with Crippen molar-refractivity contribution in [2.45, 2.75) is 33.6 Å². The third kappa shape index (κ3) is 6.38. The van der Waals surface area contributed by atoms with E-state index in [2.05, 4.69) is 18.8 Å². The van der Waals surface area contributed by atoms with Gasteiger partial charge in [0.15, 0.2) is 0 Å². The van der Waals surface area contributed by atoms with Gasteiger partial charge in [-0.2, -0.15) is 0 Å². The third-order valence-electron chi connectivity index (χ3n) is 3.08. The normalized spacial score (nSPS) is 10.5. The largest absolute Gasteiger partial charge is 0.466 e. The average Bonchev–Trinajstić information content (AvgIpc) is 2.47. The number of rotatable bonds is 8. The van der Waals surface area contributed by atoms with Gasteiger partial charge in [-0.3, -0.25) is 14.6 Å². The van der Waals surface area contributed by atoms with Gasteiger partial charge < -0.3 is 9.64 Å². The molecule has 0 bridgehead atoms. The Morgan fingerprint density at radius 2 is 1.90 bits per heavy atom. The first-order chi connectivity index (χ1) is 10.0. The smallest absolute Gasteiger partial charge is 0.307 e. The molecule has 0 unspecified atom stereocenters. The summed E-state index contributed by atoms with van der Waals surface area (Å²) >= 11 is 0. The van der Waals surface area contributed by atoms with Gasteiger partial charge >= 0.3 is 5.97 Å². The second kappa shape index (κ2) is 9.10. The Balaban J connectivity index is 2.67. The highest BCUT2D eigenvalue weighted by atomic mass is 16.5. The van der Waals surface area contributed by atoms with Gasteiger partial charge in [0.2, 0.25) is 0 Å². The van der Waals surface area contributed by atoms with Crippen molar-refractivity contribution >= 4 is 11.9 Å². The second-order valence-electron chi connectivity index (χ2n) is 5.27. The van der Waals surface area contributed by atoms with Crippen LogP contribution in [-0.2, 0) is 9.53 Å². The highest BCUT2D eigenvalue weighted by Crippen LogP contribution is 2.09. The second-order valence-corrected chi connectivity index (χ2v) is 5.27. The van der Waals surface area contributed by atoms with Gasteiger partial charge in [-0.05, 0) is 31.4 Å². The van der Waals surface area contributed by atoms with Crippen molar-refractivity contribution in [1.29, 1.82) is 0 Å². The van der Waals surface area contributed by atoms with Gasteiger partial charge in [-0.1, -0.05) is 13.8 Å². The number of ether oxygens (including phenoxy) is 1. The number of carbonyl (C=O) groups is 2. The van der Waals surface area contributed by atoms with Crippen LogP contribution < -0.4 is 0 Å². The summed E-state index contributed by atoms with van der Waals surface area (Å²) in [5.74, 6) is 0.164. The van der Waals surface area contributed by atoms with E-state index < -0.39 is 0 Å². The molecule has 1 aromatic rings. The summed E-state index contributed by atoms with van der Waals surface area (Å²) in [7, 11) is 0. The lowest BCUT2D eigenvalue weighted by Crippen LogP contribution is -2.34. The van der Waals surface area contributed by atoms with Crippen molar-refractivity contribution in [2.75, 3.05) is 19.7 Å². The number of aromatic nitrogens is 1. The van der Waals surface area contributed by atoms with E-state index in [1.165, 1.54) is 0 Å². The van der Waals surface area contributed by atoms with Crippen molar-refractivity contribution in [2.24, 2.45) is 5.92 Å². The predicted molar refractivity (Wildman–Crippen MR) is 80.8 cm³/mol. The first kappa shape index (κ1) is 17.1. The third-order valence-corrected chi connectivity index (χ3v) is 3.08. The first-order valence-corrected chi connectivity index (χ1v) is 7.39. The maximum atomic E-state index is 12.5. The highest BCUT2D eigenvalue weighted by Gasteiger charge is 2.17. The zero-order valence-corrected chi connectivity index (χ0v) is 13.0. The summed E-state index contributed by atoms with van der Waals surface area (Å²) in [5.41, 5.74) is 0.595. The summed E-state index contributed by atoms with van der Waals surface area (Å²) in [6.45, 7) is 7.38. The van der Waals surface area contributed by atoms with Gasteiger partial charge in [0, 0.05) is 31.0 Å². The average molecular weight is 292 g/mol. The fourth-order valence-electron chi connectivity index (χ4n) is 1.87. The van der Waals surface area contributed by atoms with Crippen molar-refractivity contribution in [3.05, 3.63) is 30.1 Å². The molecule has 116 valence electrons. The maximum Gasteiger partial charge on any atom is 0.307 e. The van der Waals surface area contributed by atoms with Crippen LogP contribution in [0.2, 0.25) is 0 Å². The number of hydrogen-bond acceptors (Lipinski definition) is 4. The molecule has 1 amide bonds. The molecule has 0 atom stereocenters. The minimum atomic E-state index is -0.269. The Morgan fingerprint density at radius 1 is 1.24 bits per heavy atom. The molecular formula is C16H24N2O3. The van der Waals surface area contributed by atoms with E-state index in [9.17, 15) is 9.59 Å². The number of nitrogens with zero attached hydrogens (tertiary/aromatic N) is 2. The van der Waals surface area contributed by atoms with Gasteiger partial charge in [-0.15, -0.1) is 0 Å². The minimum Gasteiger partial charge on any atom is -0.466 e. The molecule has 5 nitrogen and oxygen atoms in total. The Kier molecular flexibility index (Phi) is 7.43. The molecule has 1 rings (SSSR count). The number of carbonyl (C=O) groups excluding carboxylic acids is 2. The lowest BCUT2D eigenvalue weighted by atomic mass is 10.1. The van der Waals surface area contributed by atoms with Crippen LogP contribution in [0, 0.1) is 5.92 Å². The zero-order valence-electron chi connectivity index (χ0n) is 13.0. The highest BCUT2D eigenvalue weighted by molar-refractivity contribution is 5.94. The Bertz CT molecular complexity index is 446. The molecular weight excluding hydrogens is 268 g/mol. The van der Waals surface area contributed by atoms with E-state index in [1.807, 2.05) is 0 Å². The fourth-order valence-corrected chi connectivity index (χ4v) is 1.87. The monoisotopic (exact) mass is 292 g/mol. The van der Waals surface area contributed by atoms with Crippen LogP contribution in [0.3, 0.4) is 0 Å². The molecule has 5 heteroatoms. The molecule has 21 heavy (non-hydrogen) atoms. The summed E-state index contributed by atoms with van der Waals surface area (Å²) in [6, 6.07) is 3.38. The van der Waals surface area contributed by atoms with E-state index >= 15 is 0 Å². The molecule has 0 aliphatic heterocycles. The van der Waals surface area contributed by atoms with Crippen LogP contribution in [0.5, 0.6) is 0 Å². The summed E-state index contributed by atoms with van der Waals surface area (Å²) in [6.07, 6.45) is 4.32. The topological polar surface area (TPSA) is 59.5 Å². The van der Waals surface area contributed by atoms with Gasteiger partial charge in [0.25, 0.3) is 5.91 Å². The molecule has 0 aromatic carbocycles. The van der Waals surface area contributed by atoms with Crippen LogP contribution in [0.4, 0.5) is 0 Å². The molecule has 0 aliphatic rings. The molecule has 1 aromatic heterocycles. The predicted octanol–water partition coefficient (Wildman–Crippen LogP) is 2.52. The van der Waals surface area contributed by atoms with Crippen molar-refractivity contribution in [3.63, 3.8) is 0 Å². The Hall–Kier alpha value is -1.91. The van der Waals surface area contributed by atoms with Crippen LogP contribution in [0.1, 0.15) is 44.0 Å². The van der Waals surface area contributed by atoms with Crippen molar-refractivity contribution in [1.82, 2.24) is 9.88 Å². The van der Waals surface area contributed by atoms with E-state index in [0.717, 1.165) is 6.42 Å². The Labute approximate surface area is 126 Å². The van der Waals surface area contributed by atoms with Crippen molar-refractivity contribution in [3.8, 4) is 0 Å². The zero-order chi connectivity index (χ0) is 15.7. The van der Waals surface area contributed by atoms with E-state index in [0.29, 0.717) is 31.2 Å². The number of esters is 1. The number of amides is 1. The van der Waals surface area contributed by atoms with Crippen LogP contribution in [-0.4, -0.2) is 41.5 Å². The van der Waals surface area contributed by atoms with Gasteiger partial charge in [-0.25, -0.2) is 0 Å². The molecule has 0 fully saturated rings. The van der Waals surface area contributed by atoms with Gasteiger partial charge in [0.05, 0.1) is 13.0 Å². The van der Waals surface area contributed by atoms with Crippen LogP contribution >= 0.6 is 0 Å². The lowest BCUT2D eigenvalue weighted by molar-refractivity contribution is -0.143. The maximum absolute atomic E-state index is 12.5. The van der Waals surface area contributed by atoms with E-state index in [-0.39, 0.29) is 18.3 Å². The fraction of sp³-hybridized carbons (Fsp3) is 0.562. The van der Waals surface area contributed by atoms with Gasteiger partial charge in [0.1, 0.15) is 0 Å². The van der Waals surface area contributed by atoms with Crippen molar-refractivity contribution < 1.29 is 14.3 Å². The molecule has 0 N–H and O–H groups in total. The summed E-state index contributed by atoms with van der Waals surface area (Å²) in [5, 5.41) is 0. The van der Waals surface area contributed by atoms with E-state index in [4.69, 9.17) is 4.74 Å². The van der Waals surface area contributed by atoms with Crippen LogP contribution in [0.25, 0.3) is 0 Å². The molecule has 0 spiro atoms. The molecule has 1 heterocycles. The quantitative estimate of drug-likeness (QED) is 0.691. The summed E-state index contributed by atoms with van der Waals surface area (Å²) < 4.78 is 4.92. The summed E-state index contributed by atoms with van der Waals surface area (Å²) in [4.78, 5) is 29.6. The lowest BCUT2D eigenvalue weighted by Gasteiger charge is -2.23. The number of hydrogen-bond donors (Lipinski definition) is 0. The first-order valence-electron chi connectivity index (χ1n) is 7.39.